The highest BCUT2D eigenvalue weighted by atomic mass is 16.4. The van der Waals surface area contributed by atoms with E-state index in [4.69, 9.17) is 0 Å². The van der Waals surface area contributed by atoms with Gasteiger partial charge in [-0.2, -0.15) is 0 Å². The molecule has 0 fully saturated rings. The summed E-state index contributed by atoms with van der Waals surface area (Å²) in [5.41, 5.74) is 3.57. The first-order chi connectivity index (χ1) is 15.0. The number of anilines is 2. The van der Waals surface area contributed by atoms with Gasteiger partial charge < -0.3 is 20.3 Å². The number of fused-ring (bicyclic) bond motifs is 1. The molecule has 31 heavy (non-hydrogen) atoms. The summed E-state index contributed by atoms with van der Waals surface area (Å²) in [6, 6.07) is 17.4. The molecule has 2 aromatic carbocycles. The van der Waals surface area contributed by atoms with E-state index in [0.717, 1.165) is 22.5 Å². The predicted molar refractivity (Wildman–Crippen MR) is 123 cm³/mol. The number of hydrogen-bond donors (Lipinski definition) is 3. The lowest BCUT2D eigenvalue weighted by Gasteiger charge is -2.15. The maximum absolute atomic E-state index is 12.8. The number of hydrogen-bond acceptors (Lipinski definition) is 5. The number of pyridine rings is 2. The summed E-state index contributed by atoms with van der Waals surface area (Å²) in [5, 5.41) is 15.9. The summed E-state index contributed by atoms with van der Waals surface area (Å²) in [6.45, 7) is 0.432. The van der Waals surface area contributed by atoms with Gasteiger partial charge in [-0.1, -0.05) is 30.3 Å². The molecular weight excluding hydrogens is 392 g/mol. The van der Waals surface area contributed by atoms with Crippen LogP contribution in [0.5, 0.6) is 0 Å². The monoisotopic (exact) mass is 414 g/mol. The first-order valence-electron chi connectivity index (χ1n) is 9.82. The molecule has 0 saturated carbocycles. The van der Waals surface area contributed by atoms with Crippen LogP contribution in [0.3, 0.4) is 0 Å². The minimum atomic E-state index is -1.24. The van der Waals surface area contributed by atoms with Crippen LogP contribution in [0.15, 0.2) is 71.8 Å². The Balaban J connectivity index is 1.73. The molecule has 7 nitrogen and oxygen atoms in total. The summed E-state index contributed by atoms with van der Waals surface area (Å²) < 4.78 is 1.80. The van der Waals surface area contributed by atoms with Gasteiger partial charge in [-0.25, -0.2) is 9.78 Å². The second-order valence-electron chi connectivity index (χ2n) is 7.13. The van der Waals surface area contributed by atoms with Gasteiger partial charge in [0, 0.05) is 44.3 Å². The van der Waals surface area contributed by atoms with Crippen LogP contribution in [0.25, 0.3) is 22.0 Å². The average molecular weight is 414 g/mol. The molecule has 0 aliphatic carbocycles. The third-order valence-corrected chi connectivity index (χ3v) is 5.27. The lowest BCUT2D eigenvalue weighted by molar-refractivity contribution is 0.0695. The smallest absolute Gasteiger partial charge is 0.341 e. The summed E-state index contributed by atoms with van der Waals surface area (Å²) in [6.07, 6.45) is 3.23. The molecule has 0 amide bonds. The van der Waals surface area contributed by atoms with E-state index in [-0.39, 0.29) is 5.56 Å². The Kier molecular flexibility index (Phi) is 5.41. The van der Waals surface area contributed by atoms with Crippen LogP contribution >= 0.6 is 0 Å². The molecule has 156 valence electrons. The topological polar surface area (TPSA) is 96.3 Å². The number of aromatic nitrogens is 2. The maximum Gasteiger partial charge on any atom is 0.341 e. The van der Waals surface area contributed by atoms with Crippen LogP contribution in [-0.2, 0) is 6.54 Å². The minimum Gasteiger partial charge on any atom is -0.477 e. The fraction of sp³-hybridized carbons (Fsp3) is 0.125. The van der Waals surface area contributed by atoms with Gasteiger partial charge in [0.25, 0.3) is 0 Å². The second kappa shape index (κ2) is 8.31. The number of nitrogens with zero attached hydrogens (tertiary/aromatic N) is 2. The van der Waals surface area contributed by atoms with Crippen molar-refractivity contribution < 1.29 is 9.90 Å². The SMILES string of the molecule is CNc1ccc(-c2ccc(Cn3cc(C(=O)O)c(=O)c4c(NC)cccc43)cc2)cn1. The Morgan fingerprint density at radius 1 is 1.00 bits per heavy atom. The molecule has 0 aliphatic heterocycles. The van der Waals surface area contributed by atoms with E-state index in [1.807, 2.05) is 61.8 Å². The average Bonchev–Trinajstić information content (AvgIpc) is 2.80. The molecule has 0 atom stereocenters. The molecule has 7 heteroatoms. The number of carbonyl (C=O) groups is 1. The van der Waals surface area contributed by atoms with Crippen molar-refractivity contribution in [3.63, 3.8) is 0 Å². The zero-order valence-corrected chi connectivity index (χ0v) is 17.2. The molecular formula is C24H22N4O3. The fourth-order valence-electron chi connectivity index (χ4n) is 3.64. The molecule has 0 radical (unpaired) electrons. The molecule has 2 aromatic heterocycles. The Labute approximate surface area is 179 Å². The zero-order chi connectivity index (χ0) is 22.0. The Hall–Kier alpha value is -4.13. The number of aromatic carboxylic acids is 1. The van der Waals surface area contributed by atoms with Crippen molar-refractivity contribution in [3.8, 4) is 11.1 Å². The number of nitrogens with one attached hydrogen (secondary N) is 2. The van der Waals surface area contributed by atoms with Crippen LogP contribution in [0.4, 0.5) is 11.5 Å². The Morgan fingerprint density at radius 2 is 1.74 bits per heavy atom. The van der Waals surface area contributed by atoms with E-state index in [0.29, 0.717) is 23.1 Å². The summed E-state index contributed by atoms with van der Waals surface area (Å²) in [7, 11) is 3.54. The molecule has 4 rings (SSSR count). The van der Waals surface area contributed by atoms with Crippen LogP contribution < -0.4 is 16.1 Å². The van der Waals surface area contributed by atoms with Gasteiger partial charge in [0.05, 0.1) is 10.9 Å². The van der Waals surface area contributed by atoms with Gasteiger partial charge in [0.15, 0.2) is 0 Å². The fourth-order valence-corrected chi connectivity index (χ4v) is 3.64. The highest BCUT2D eigenvalue weighted by Gasteiger charge is 2.17. The van der Waals surface area contributed by atoms with Crippen molar-refractivity contribution in [3.05, 3.63) is 88.3 Å². The van der Waals surface area contributed by atoms with Gasteiger partial charge >= 0.3 is 5.97 Å². The maximum atomic E-state index is 12.8. The van der Waals surface area contributed by atoms with E-state index in [1.165, 1.54) is 6.20 Å². The predicted octanol–water partition coefficient (Wildman–Crippen LogP) is 3.89. The van der Waals surface area contributed by atoms with Crippen molar-refractivity contribution in [2.24, 2.45) is 0 Å². The van der Waals surface area contributed by atoms with Crippen molar-refractivity contribution in [1.29, 1.82) is 0 Å². The van der Waals surface area contributed by atoms with Crippen molar-refractivity contribution >= 4 is 28.4 Å². The van der Waals surface area contributed by atoms with Gasteiger partial charge in [0.1, 0.15) is 11.4 Å². The Bertz CT molecular complexity index is 1310. The minimum absolute atomic E-state index is 0.248. The number of carboxylic acids is 1. The first-order valence-corrected chi connectivity index (χ1v) is 9.82. The van der Waals surface area contributed by atoms with Crippen LogP contribution in [0, 0.1) is 0 Å². The van der Waals surface area contributed by atoms with Crippen LogP contribution in [0.1, 0.15) is 15.9 Å². The van der Waals surface area contributed by atoms with E-state index in [9.17, 15) is 14.7 Å². The normalized spacial score (nSPS) is 10.8. The molecule has 0 saturated heterocycles. The zero-order valence-electron chi connectivity index (χ0n) is 17.2. The summed E-state index contributed by atoms with van der Waals surface area (Å²) >= 11 is 0. The number of carboxylic acid groups (broad SMARTS) is 1. The molecule has 0 spiro atoms. The van der Waals surface area contributed by atoms with E-state index < -0.39 is 11.4 Å². The van der Waals surface area contributed by atoms with E-state index in [1.54, 1.807) is 17.7 Å². The number of rotatable bonds is 6. The van der Waals surface area contributed by atoms with Gasteiger partial charge in [0.2, 0.25) is 5.43 Å². The van der Waals surface area contributed by atoms with Crippen molar-refractivity contribution in [2.45, 2.75) is 6.54 Å². The van der Waals surface area contributed by atoms with Crippen molar-refractivity contribution in [2.75, 3.05) is 24.7 Å². The summed E-state index contributed by atoms with van der Waals surface area (Å²) in [4.78, 5) is 28.8. The largest absolute Gasteiger partial charge is 0.477 e. The van der Waals surface area contributed by atoms with Gasteiger partial charge in [-0.3, -0.25) is 4.79 Å². The summed E-state index contributed by atoms with van der Waals surface area (Å²) in [5.74, 6) is -0.430. The van der Waals surface area contributed by atoms with Crippen molar-refractivity contribution in [1.82, 2.24) is 9.55 Å². The van der Waals surface area contributed by atoms with Crippen LogP contribution in [-0.4, -0.2) is 34.7 Å². The lowest BCUT2D eigenvalue weighted by atomic mass is 10.0. The molecule has 0 aliphatic rings. The molecule has 0 unspecified atom stereocenters. The quantitative estimate of drug-likeness (QED) is 0.443. The molecule has 2 heterocycles. The van der Waals surface area contributed by atoms with Gasteiger partial charge in [-0.05, 0) is 35.4 Å². The molecule has 0 bridgehead atoms. The number of benzene rings is 2. The lowest BCUT2D eigenvalue weighted by Crippen LogP contribution is -2.20. The third-order valence-electron chi connectivity index (χ3n) is 5.27. The van der Waals surface area contributed by atoms with Crippen LogP contribution in [0.2, 0.25) is 0 Å². The highest BCUT2D eigenvalue weighted by molar-refractivity contribution is 5.97. The van der Waals surface area contributed by atoms with Gasteiger partial charge in [-0.15, -0.1) is 0 Å². The van der Waals surface area contributed by atoms with E-state index >= 15 is 0 Å². The highest BCUT2D eigenvalue weighted by Crippen LogP contribution is 2.23. The molecule has 3 N–H and O–H groups in total. The Morgan fingerprint density at radius 3 is 2.35 bits per heavy atom. The third kappa shape index (κ3) is 3.85. The first kappa shape index (κ1) is 20.2. The molecule has 4 aromatic rings. The van der Waals surface area contributed by atoms with E-state index in [2.05, 4.69) is 15.6 Å². The second-order valence-corrected chi connectivity index (χ2v) is 7.13. The standard InChI is InChI=1S/C24H22N4O3/c1-25-19-4-3-5-20-22(19)23(29)18(24(30)31)14-28(20)13-15-6-8-16(9-7-15)17-10-11-21(26-2)27-12-17/h3-12,14,25H,13H2,1-2H3,(H,26,27)(H,30,31).